The average Bonchev–Trinajstić information content (AvgIpc) is 2.49. The predicted molar refractivity (Wildman–Crippen MR) is 92.1 cm³/mol. The van der Waals surface area contributed by atoms with Crippen molar-refractivity contribution in [2.75, 3.05) is 19.8 Å². The molecule has 1 amide bonds. The minimum Gasteiger partial charge on any atom is -0.340 e. The van der Waals surface area contributed by atoms with Crippen LogP contribution in [0.25, 0.3) is 0 Å². The summed E-state index contributed by atoms with van der Waals surface area (Å²) in [6, 6.07) is 4.57. The molecule has 0 bridgehead atoms. The Bertz CT molecular complexity index is 694. The van der Waals surface area contributed by atoms with Crippen LogP contribution >= 0.6 is 23.2 Å². The first-order chi connectivity index (χ1) is 10.7. The molecule has 1 atom stereocenters. The number of likely N-dealkylation sites (N-methyl/N-ethyl adjacent to an activating group) is 1. The van der Waals surface area contributed by atoms with Gasteiger partial charge in [-0.25, -0.2) is 8.42 Å². The number of benzene rings is 1. The fourth-order valence-electron chi connectivity index (χ4n) is 2.79. The van der Waals surface area contributed by atoms with E-state index in [1.165, 1.54) is 9.21 Å². The van der Waals surface area contributed by atoms with E-state index in [4.69, 9.17) is 23.2 Å². The van der Waals surface area contributed by atoms with Crippen molar-refractivity contribution in [1.82, 2.24) is 9.21 Å². The van der Waals surface area contributed by atoms with Crippen LogP contribution in [0.15, 0.2) is 18.2 Å². The van der Waals surface area contributed by atoms with E-state index in [1.807, 2.05) is 0 Å². The molecule has 0 aliphatic carbocycles. The van der Waals surface area contributed by atoms with E-state index in [0.717, 1.165) is 24.7 Å². The van der Waals surface area contributed by atoms with Gasteiger partial charge in [-0.1, -0.05) is 35.7 Å². The Kier molecular flexibility index (Phi) is 5.94. The van der Waals surface area contributed by atoms with Gasteiger partial charge in [0.25, 0.3) is 0 Å². The Balaban J connectivity index is 2.12. The summed E-state index contributed by atoms with van der Waals surface area (Å²) < 4.78 is 25.1. The number of hydrogen-bond donors (Lipinski definition) is 0. The normalized spacial score (nSPS) is 19.6. The van der Waals surface area contributed by atoms with Crippen LogP contribution < -0.4 is 0 Å². The Morgan fingerprint density at radius 3 is 2.61 bits per heavy atom. The van der Waals surface area contributed by atoms with E-state index in [9.17, 15) is 13.2 Å². The molecule has 1 saturated heterocycles. The van der Waals surface area contributed by atoms with Crippen LogP contribution in [0.5, 0.6) is 0 Å². The first kappa shape index (κ1) is 18.5. The van der Waals surface area contributed by atoms with Crippen molar-refractivity contribution in [3.63, 3.8) is 0 Å². The van der Waals surface area contributed by atoms with Gasteiger partial charge in [-0.3, -0.25) is 4.79 Å². The van der Waals surface area contributed by atoms with Gasteiger partial charge in [0, 0.05) is 20.1 Å². The molecule has 1 aliphatic rings. The lowest BCUT2D eigenvalue weighted by Gasteiger charge is -2.35. The van der Waals surface area contributed by atoms with E-state index in [0.29, 0.717) is 29.6 Å². The van der Waals surface area contributed by atoms with Gasteiger partial charge in [0.05, 0.1) is 16.3 Å². The Labute approximate surface area is 147 Å². The number of halogens is 2. The van der Waals surface area contributed by atoms with Crippen molar-refractivity contribution in [3.8, 4) is 0 Å². The molecule has 1 heterocycles. The van der Waals surface area contributed by atoms with Gasteiger partial charge in [0.1, 0.15) is 6.04 Å². The number of hydrogen-bond acceptors (Lipinski definition) is 3. The zero-order chi connectivity index (χ0) is 17.2. The Morgan fingerprint density at radius 2 is 2.00 bits per heavy atom. The highest BCUT2D eigenvalue weighted by molar-refractivity contribution is 7.88. The number of carbonyl (C=O) groups excluding carboxylic acids is 1. The van der Waals surface area contributed by atoms with Gasteiger partial charge >= 0.3 is 0 Å². The molecule has 5 nitrogen and oxygen atoms in total. The molecule has 0 radical (unpaired) electrons. The van der Waals surface area contributed by atoms with Crippen molar-refractivity contribution in [2.24, 2.45) is 0 Å². The number of amides is 1. The maximum atomic E-state index is 12.7. The number of piperidine rings is 1. The molecule has 0 N–H and O–H groups in total. The number of rotatable bonds is 4. The van der Waals surface area contributed by atoms with Crippen molar-refractivity contribution in [3.05, 3.63) is 33.8 Å². The molecule has 23 heavy (non-hydrogen) atoms. The molecule has 1 aromatic rings. The number of carbonyl (C=O) groups is 1. The van der Waals surface area contributed by atoms with Crippen LogP contribution in [0.1, 0.15) is 24.8 Å². The summed E-state index contributed by atoms with van der Waals surface area (Å²) in [7, 11) is -1.72. The van der Waals surface area contributed by atoms with Gasteiger partial charge < -0.3 is 4.90 Å². The van der Waals surface area contributed by atoms with Gasteiger partial charge in [0.15, 0.2) is 0 Å². The zero-order valence-electron chi connectivity index (χ0n) is 13.1. The van der Waals surface area contributed by atoms with Gasteiger partial charge in [0.2, 0.25) is 15.9 Å². The molecule has 128 valence electrons. The highest BCUT2D eigenvalue weighted by Gasteiger charge is 2.35. The molecule has 1 fully saturated rings. The lowest BCUT2D eigenvalue weighted by atomic mass is 10.0. The summed E-state index contributed by atoms with van der Waals surface area (Å²) in [5.74, 6) is -0.193. The van der Waals surface area contributed by atoms with Crippen LogP contribution in [0.3, 0.4) is 0 Å². The third kappa shape index (κ3) is 4.59. The van der Waals surface area contributed by atoms with Crippen LogP contribution in [-0.2, 0) is 21.4 Å². The highest BCUT2D eigenvalue weighted by atomic mass is 35.5. The molecular formula is C15H20Cl2N2O3S. The van der Waals surface area contributed by atoms with Crippen molar-refractivity contribution in [2.45, 2.75) is 31.8 Å². The van der Waals surface area contributed by atoms with Crippen LogP contribution in [0.2, 0.25) is 10.0 Å². The van der Waals surface area contributed by atoms with Gasteiger partial charge in [-0.05, 0) is 30.5 Å². The first-order valence-electron chi connectivity index (χ1n) is 7.36. The molecule has 0 spiro atoms. The fraction of sp³-hybridized carbons (Fsp3) is 0.533. The van der Waals surface area contributed by atoms with Crippen LogP contribution in [-0.4, -0.2) is 49.4 Å². The standard InChI is InChI=1S/C15H20Cl2N2O3S/c1-18(10-11-6-7-12(16)13(17)9-11)15(20)14-5-3-4-8-19(14)23(2,21)22/h6-7,9,14H,3-5,8,10H2,1-2H3. The number of sulfonamides is 1. The van der Waals surface area contributed by atoms with E-state index in [1.54, 1.807) is 25.2 Å². The first-order valence-corrected chi connectivity index (χ1v) is 9.96. The lowest BCUT2D eigenvalue weighted by molar-refractivity contribution is -0.135. The second kappa shape index (κ2) is 7.38. The zero-order valence-corrected chi connectivity index (χ0v) is 15.5. The predicted octanol–water partition coefficient (Wildman–Crippen LogP) is 2.77. The molecular weight excluding hydrogens is 359 g/mol. The fourth-order valence-corrected chi connectivity index (χ4v) is 4.23. The van der Waals surface area contributed by atoms with E-state index < -0.39 is 16.1 Å². The lowest BCUT2D eigenvalue weighted by Crippen LogP contribution is -2.51. The second-order valence-corrected chi connectivity index (χ2v) is 8.58. The minimum absolute atomic E-state index is 0.193. The molecule has 1 unspecified atom stereocenters. The highest BCUT2D eigenvalue weighted by Crippen LogP contribution is 2.25. The smallest absolute Gasteiger partial charge is 0.241 e. The van der Waals surface area contributed by atoms with Crippen molar-refractivity contribution < 1.29 is 13.2 Å². The topological polar surface area (TPSA) is 57.7 Å². The van der Waals surface area contributed by atoms with Gasteiger partial charge in [-0.2, -0.15) is 4.31 Å². The van der Waals surface area contributed by atoms with Crippen molar-refractivity contribution >= 4 is 39.1 Å². The number of nitrogens with zero attached hydrogens (tertiary/aromatic N) is 2. The molecule has 1 aliphatic heterocycles. The maximum Gasteiger partial charge on any atom is 0.241 e. The third-order valence-corrected chi connectivity index (χ3v) is 5.97. The summed E-state index contributed by atoms with van der Waals surface area (Å²) in [4.78, 5) is 14.2. The third-order valence-electron chi connectivity index (χ3n) is 3.94. The SMILES string of the molecule is CN(Cc1ccc(Cl)c(Cl)c1)C(=O)C1CCCCN1S(C)(=O)=O. The van der Waals surface area contributed by atoms with E-state index in [-0.39, 0.29) is 5.91 Å². The Hall–Kier alpha value is -0.820. The molecule has 0 saturated carbocycles. The summed E-state index contributed by atoms with van der Waals surface area (Å²) >= 11 is 11.9. The van der Waals surface area contributed by atoms with E-state index >= 15 is 0 Å². The average molecular weight is 379 g/mol. The van der Waals surface area contributed by atoms with Crippen molar-refractivity contribution in [1.29, 1.82) is 0 Å². The van der Waals surface area contributed by atoms with Gasteiger partial charge in [-0.15, -0.1) is 0 Å². The summed E-state index contributed by atoms with van der Waals surface area (Å²) in [6.07, 6.45) is 3.34. The quantitative estimate of drug-likeness (QED) is 0.809. The summed E-state index contributed by atoms with van der Waals surface area (Å²) in [5, 5.41) is 0.889. The van der Waals surface area contributed by atoms with Crippen LogP contribution in [0.4, 0.5) is 0 Å². The largest absolute Gasteiger partial charge is 0.340 e. The summed E-state index contributed by atoms with van der Waals surface area (Å²) in [6.45, 7) is 0.750. The summed E-state index contributed by atoms with van der Waals surface area (Å²) in [5.41, 5.74) is 0.844. The Morgan fingerprint density at radius 1 is 1.30 bits per heavy atom. The van der Waals surface area contributed by atoms with E-state index in [2.05, 4.69) is 0 Å². The second-order valence-electron chi connectivity index (χ2n) is 5.83. The maximum absolute atomic E-state index is 12.7. The molecule has 8 heteroatoms. The molecule has 2 rings (SSSR count). The molecule has 0 aromatic heterocycles. The minimum atomic E-state index is -3.39. The monoisotopic (exact) mass is 378 g/mol. The van der Waals surface area contributed by atoms with Crippen LogP contribution in [0, 0.1) is 0 Å². The molecule has 1 aromatic carbocycles.